The van der Waals surface area contributed by atoms with Crippen molar-refractivity contribution < 1.29 is 40.8 Å². The molecule has 0 unspecified atom stereocenters. The molecule has 0 aliphatic rings. The zero-order valence-electron chi connectivity index (χ0n) is 15.3. The lowest BCUT2D eigenvalue weighted by atomic mass is 10.1. The number of benzene rings is 1. The highest BCUT2D eigenvalue weighted by Gasteiger charge is 2.45. The Balaban J connectivity index is 2.36. The highest BCUT2D eigenvalue weighted by Crippen LogP contribution is 2.25. The number of unbranched alkanes of at least 4 members (excludes halogenated alkanes) is 1. The zero-order chi connectivity index (χ0) is 20.8. The maximum atomic E-state index is 12.9. The first kappa shape index (κ1) is 23.0. The van der Waals surface area contributed by atoms with Crippen LogP contribution < -0.4 is 4.74 Å². The largest absolute Gasteiger partial charge is 0.458 e. The Morgan fingerprint density at radius 2 is 1.52 bits per heavy atom. The van der Waals surface area contributed by atoms with Crippen LogP contribution in [0.5, 0.6) is 5.75 Å². The van der Waals surface area contributed by atoms with Crippen LogP contribution >= 0.6 is 0 Å². The summed E-state index contributed by atoms with van der Waals surface area (Å²) < 4.78 is 64.3. The fraction of sp³-hybridized carbons (Fsp3) is 0.529. The lowest BCUT2D eigenvalue weighted by molar-refractivity contribution is -0.150. The molecule has 0 fully saturated rings. The van der Waals surface area contributed by atoms with Crippen molar-refractivity contribution in [2.45, 2.75) is 51.7 Å². The quantitative estimate of drug-likeness (QED) is 0.290. The van der Waals surface area contributed by atoms with Crippen LogP contribution in [-0.4, -0.2) is 36.8 Å². The Kier molecular flexibility index (Phi) is 7.85. The van der Waals surface area contributed by atoms with Crippen LogP contribution in [-0.2, 0) is 24.4 Å². The van der Waals surface area contributed by atoms with Crippen molar-refractivity contribution in [1.82, 2.24) is 0 Å². The van der Waals surface area contributed by atoms with E-state index >= 15 is 0 Å². The van der Waals surface area contributed by atoms with Crippen LogP contribution in [0.25, 0.3) is 0 Å². The third-order valence-corrected chi connectivity index (χ3v) is 4.48. The maximum absolute atomic E-state index is 12.9. The van der Waals surface area contributed by atoms with Crippen LogP contribution in [0, 0.1) is 20.8 Å². The molecule has 0 spiro atoms. The van der Waals surface area contributed by atoms with Gasteiger partial charge >= 0.3 is 27.3 Å². The van der Waals surface area contributed by atoms with E-state index in [-0.39, 0.29) is 25.7 Å². The molecule has 0 saturated carbocycles. The zero-order valence-corrected chi connectivity index (χ0v) is 16.1. The molecule has 1 aromatic rings. The monoisotopic (exact) mass is 408 g/mol. The van der Waals surface area contributed by atoms with Crippen molar-refractivity contribution >= 4 is 22.1 Å². The van der Waals surface area contributed by atoms with Gasteiger partial charge in [-0.2, -0.15) is 17.2 Å². The average molecular weight is 408 g/mol. The van der Waals surface area contributed by atoms with E-state index in [1.165, 1.54) is 0 Å². The van der Waals surface area contributed by atoms with E-state index < -0.39 is 33.9 Å². The second kappa shape index (κ2) is 9.23. The molecule has 0 bridgehead atoms. The van der Waals surface area contributed by atoms with Crippen molar-refractivity contribution in [3.05, 3.63) is 28.8 Å². The Bertz CT molecular complexity index is 780. The van der Waals surface area contributed by atoms with Gasteiger partial charge in [-0.05, 0) is 44.7 Å². The molecule has 10 heteroatoms. The summed E-state index contributed by atoms with van der Waals surface area (Å²) in [5, 5.41) is -4.56. The third-order valence-electron chi connectivity index (χ3n) is 3.61. The van der Waals surface area contributed by atoms with Gasteiger partial charge in [0.2, 0.25) is 0 Å². The van der Waals surface area contributed by atoms with Gasteiger partial charge in [0.1, 0.15) is 5.75 Å². The van der Waals surface area contributed by atoms with Gasteiger partial charge < -0.3 is 9.47 Å². The van der Waals surface area contributed by atoms with Crippen molar-refractivity contribution in [1.29, 1.82) is 0 Å². The van der Waals surface area contributed by atoms with Gasteiger partial charge in [0.25, 0.3) is 0 Å². The predicted molar refractivity (Wildman–Crippen MR) is 92.2 cm³/mol. The topological polar surface area (TPSA) is 107 Å². The molecule has 0 aliphatic heterocycles. The molecule has 0 atom stereocenters. The van der Waals surface area contributed by atoms with Gasteiger partial charge in [0.15, 0.2) is 6.61 Å². The molecule has 0 aromatic heterocycles. The van der Waals surface area contributed by atoms with Gasteiger partial charge in [-0.3, -0.25) is 14.1 Å². The van der Waals surface area contributed by atoms with E-state index in [2.05, 4.69) is 4.74 Å². The first-order valence-corrected chi connectivity index (χ1v) is 9.56. The SMILES string of the molecule is Cc1cc(C)c(OC(=O)CCCCC(=O)OCC(F)(F)S(=O)(=O)O)c(C)c1. The molecule has 7 nitrogen and oxygen atoms in total. The number of esters is 2. The second-order valence-corrected chi connectivity index (χ2v) is 7.73. The number of halogens is 2. The molecule has 1 aromatic carbocycles. The lowest BCUT2D eigenvalue weighted by Gasteiger charge is -2.13. The van der Waals surface area contributed by atoms with Crippen molar-refractivity contribution in [2.75, 3.05) is 6.61 Å². The van der Waals surface area contributed by atoms with Gasteiger partial charge in [0.05, 0.1) is 0 Å². The molecule has 1 rings (SSSR count). The molecule has 152 valence electrons. The minimum Gasteiger partial charge on any atom is -0.458 e. The van der Waals surface area contributed by atoms with E-state index in [4.69, 9.17) is 9.29 Å². The van der Waals surface area contributed by atoms with Crippen LogP contribution in [0.1, 0.15) is 42.4 Å². The molecular formula is C17H22F2O7S. The highest BCUT2D eigenvalue weighted by molar-refractivity contribution is 7.86. The van der Waals surface area contributed by atoms with Gasteiger partial charge in [-0.15, -0.1) is 0 Å². The fourth-order valence-electron chi connectivity index (χ4n) is 2.34. The molecule has 27 heavy (non-hydrogen) atoms. The van der Waals surface area contributed by atoms with E-state index in [1.807, 2.05) is 32.9 Å². The number of hydrogen-bond acceptors (Lipinski definition) is 6. The van der Waals surface area contributed by atoms with E-state index in [0.29, 0.717) is 5.75 Å². The maximum Gasteiger partial charge on any atom is 0.402 e. The Hall–Kier alpha value is -2.07. The molecule has 0 heterocycles. The molecular weight excluding hydrogens is 386 g/mol. The molecule has 0 saturated heterocycles. The summed E-state index contributed by atoms with van der Waals surface area (Å²) in [7, 11) is -5.65. The van der Waals surface area contributed by atoms with Crippen LogP contribution in [0.2, 0.25) is 0 Å². The number of alkyl halides is 2. The Morgan fingerprint density at radius 1 is 1.04 bits per heavy atom. The summed E-state index contributed by atoms with van der Waals surface area (Å²) in [4.78, 5) is 23.2. The minimum absolute atomic E-state index is 0.0151. The normalized spacial score (nSPS) is 11.9. The smallest absolute Gasteiger partial charge is 0.402 e. The first-order chi connectivity index (χ1) is 12.3. The Morgan fingerprint density at radius 3 is 2.00 bits per heavy atom. The third kappa shape index (κ3) is 7.22. The number of carbonyl (C=O) groups excluding carboxylic acids is 2. The lowest BCUT2D eigenvalue weighted by Crippen LogP contribution is -2.34. The Labute approximate surface area is 156 Å². The molecule has 0 amide bonds. The van der Waals surface area contributed by atoms with Crippen molar-refractivity contribution in [3.63, 3.8) is 0 Å². The van der Waals surface area contributed by atoms with E-state index in [0.717, 1.165) is 16.7 Å². The van der Waals surface area contributed by atoms with Gasteiger partial charge in [-0.25, -0.2) is 0 Å². The van der Waals surface area contributed by atoms with E-state index in [1.54, 1.807) is 0 Å². The van der Waals surface area contributed by atoms with Crippen LogP contribution in [0.3, 0.4) is 0 Å². The molecule has 0 aliphatic carbocycles. The number of aryl methyl sites for hydroxylation is 3. The minimum atomic E-state index is -5.65. The summed E-state index contributed by atoms with van der Waals surface area (Å²) in [6.07, 6.45) is 0.155. The number of rotatable bonds is 9. The molecule has 1 N–H and O–H groups in total. The summed E-state index contributed by atoms with van der Waals surface area (Å²) in [6.45, 7) is 3.80. The van der Waals surface area contributed by atoms with E-state index in [9.17, 15) is 26.8 Å². The van der Waals surface area contributed by atoms with Crippen LogP contribution in [0.15, 0.2) is 12.1 Å². The summed E-state index contributed by atoms with van der Waals surface area (Å²) >= 11 is 0. The average Bonchev–Trinajstić information content (AvgIpc) is 2.52. The van der Waals surface area contributed by atoms with Gasteiger partial charge in [0, 0.05) is 12.8 Å². The standard InChI is InChI=1S/C17H22F2O7S/c1-11-8-12(2)16(13(3)9-11)26-15(21)7-5-4-6-14(20)25-10-17(18,19)27(22,23)24/h8-9H,4-7,10H2,1-3H3,(H,22,23,24). The number of carbonyl (C=O) groups is 2. The molecule has 0 radical (unpaired) electrons. The first-order valence-electron chi connectivity index (χ1n) is 8.12. The van der Waals surface area contributed by atoms with Gasteiger partial charge in [-0.1, -0.05) is 17.7 Å². The second-order valence-electron chi connectivity index (χ2n) is 6.18. The summed E-state index contributed by atoms with van der Waals surface area (Å²) in [6, 6.07) is 3.77. The summed E-state index contributed by atoms with van der Waals surface area (Å²) in [5.74, 6) is -1.06. The highest BCUT2D eigenvalue weighted by atomic mass is 32.2. The van der Waals surface area contributed by atoms with Crippen molar-refractivity contribution in [3.8, 4) is 5.75 Å². The summed E-state index contributed by atoms with van der Waals surface area (Å²) in [5.41, 5.74) is 2.69. The number of ether oxygens (including phenoxy) is 2. The fourth-order valence-corrected chi connectivity index (χ4v) is 2.55. The predicted octanol–water partition coefficient (Wildman–Crippen LogP) is 3.10. The van der Waals surface area contributed by atoms with Crippen LogP contribution in [0.4, 0.5) is 8.78 Å². The van der Waals surface area contributed by atoms with Crippen molar-refractivity contribution in [2.24, 2.45) is 0 Å². The number of hydrogen-bond donors (Lipinski definition) is 1.